The lowest BCUT2D eigenvalue weighted by Crippen LogP contribution is -2.25. The second-order valence-corrected chi connectivity index (χ2v) is 11.5. The van der Waals surface area contributed by atoms with Gasteiger partial charge in [0, 0.05) is 24.8 Å². The van der Waals surface area contributed by atoms with Crippen molar-refractivity contribution in [1.82, 2.24) is 9.97 Å². The van der Waals surface area contributed by atoms with Crippen LogP contribution in [-0.4, -0.2) is 54.6 Å². The number of aliphatic hydroxyl groups excluding tert-OH is 1. The predicted octanol–water partition coefficient (Wildman–Crippen LogP) is 2.59. The average Bonchev–Trinajstić information content (AvgIpc) is 3.63. The maximum atomic E-state index is 13.6. The lowest BCUT2D eigenvalue weighted by Gasteiger charge is -2.28. The second kappa shape index (κ2) is 10.6. The molecule has 0 radical (unpaired) electrons. The zero-order valence-corrected chi connectivity index (χ0v) is 21.6. The number of rotatable bonds is 9. The van der Waals surface area contributed by atoms with E-state index in [9.17, 15) is 18.3 Å². The summed E-state index contributed by atoms with van der Waals surface area (Å²) in [5.74, 6) is -0.277. The van der Waals surface area contributed by atoms with Crippen LogP contribution in [0.1, 0.15) is 52.0 Å². The Morgan fingerprint density at radius 3 is 2.81 bits per heavy atom. The highest BCUT2D eigenvalue weighted by molar-refractivity contribution is 7.84. The van der Waals surface area contributed by atoms with Gasteiger partial charge in [-0.15, -0.1) is 11.3 Å². The highest BCUT2D eigenvalue weighted by Crippen LogP contribution is 2.44. The Bertz CT molecular complexity index is 1360. The fourth-order valence-electron chi connectivity index (χ4n) is 5.15. The molecule has 5 rings (SSSR count). The number of hydrogen-bond donors (Lipinski definition) is 3. The van der Waals surface area contributed by atoms with Crippen LogP contribution >= 0.6 is 11.3 Å². The number of benzene rings is 1. The standard InChI is InChI=1S/C25H28N4O6S2/c26-37(32,33)35-13-16-9-19(11-21(16)30)29-24-20(12-27-15-28-24)23(31)22-10-18(14-36-22)25(7-4-8-34-25)17-5-2-1-3-6-17/h1-3,5-6,10,12,14-16,19,21,30H,4,7-9,11,13H2,(H2,26,32,33)(H,27,28,29)/t16-,19-,21+,25?/m1/s1. The van der Waals surface area contributed by atoms with E-state index in [4.69, 9.17) is 9.88 Å². The van der Waals surface area contributed by atoms with Gasteiger partial charge >= 0.3 is 10.3 Å². The SMILES string of the molecule is NS(=O)(=O)OC[C@H]1C[C@@H](Nc2ncncc2C(=O)c2cc(C3(c4ccccc4)CCCO3)cs2)C[C@@H]1O. The Morgan fingerprint density at radius 1 is 1.27 bits per heavy atom. The van der Waals surface area contributed by atoms with Crippen LogP contribution in [0.4, 0.5) is 5.82 Å². The largest absolute Gasteiger partial charge is 0.393 e. The first-order valence-corrected chi connectivity index (χ1v) is 14.4. The Labute approximate surface area is 219 Å². The van der Waals surface area contributed by atoms with Crippen molar-refractivity contribution in [3.05, 3.63) is 75.9 Å². The molecule has 2 fully saturated rings. The van der Waals surface area contributed by atoms with Crippen molar-refractivity contribution in [2.24, 2.45) is 11.1 Å². The molecule has 2 aliphatic rings. The molecule has 1 aliphatic heterocycles. The molecule has 12 heteroatoms. The monoisotopic (exact) mass is 544 g/mol. The van der Waals surface area contributed by atoms with Crippen molar-refractivity contribution in [1.29, 1.82) is 0 Å². The van der Waals surface area contributed by atoms with Crippen molar-refractivity contribution in [3.63, 3.8) is 0 Å². The van der Waals surface area contributed by atoms with Crippen LogP contribution in [0.2, 0.25) is 0 Å². The lowest BCUT2D eigenvalue weighted by atomic mass is 9.85. The van der Waals surface area contributed by atoms with Gasteiger partial charge < -0.3 is 15.2 Å². The number of carbonyl (C=O) groups excluding carboxylic acids is 1. The van der Waals surface area contributed by atoms with Gasteiger partial charge in [0.05, 0.1) is 23.2 Å². The fraction of sp³-hybridized carbons (Fsp3) is 0.400. The maximum Gasteiger partial charge on any atom is 0.333 e. The molecule has 1 saturated carbocycles. The maximum absolute atomic E-state index is 13.6. The minimum Gasteiger partial charge on any atom is -0.393 e. The van der Waals surface area contributed by atoms with Crippen LogP contribution in [0.15, 0.2) is 54.3 Å². The topological polar surface area (TPSA) is 154 Å². The third kappa shape index (κ3) is 5.59. The molecule has 4 atom stereocenters. The molecule has 196 valence electrons. The van der Waals surface area contributed by atoms with Crippen LogP contribution in [0.5, 0.6) is 0 Å². The van der Waals surface area contributed by atoms with Gasteiger partial charge in [-0.2, -0.15) is 8.42 Å². The van der Waals surface area contributed by atoms with E-state index in [1.807, 2.05) is 29.6 Å². The molecule has 37 heavy (non-hydrogen) atoms. The molecule has 3 aromatic rings. The summed E-state index contributed by atoms with van der Waals surface area (Å²) >= 11 is 1.36. The van der Waals surface area contributed by atoms with E-state index in [0.717, 1.165) is 24.0 Å². The average molecular weight is 545 g/mol. The zero-order chi connectivity index (χ0) is 26.0. The van der Waals surface area contributed by atoms with Crippen LogP contribution < -0.4 is 10.5 Å². The normalized spacial score (nSPS) is 25.8. The Balaban J connectivity index is 1.34. The number of ketones is 1. The van der Waals surface area contributed by atoms with Gasteiger partial charge in [0.1, 0.15) is 17.7 Å². The summed E-state index contributed by atoms with van der Waals surface area (Å²) in [5, 5.41) is 20.5. The zero-order valence-electron chi connectivity index (χ0n) is 19.9. The first-order chi connectivity index (χ1) is 17.7. The van der Waals surface area contributed by atoms with Crippen LogP contribution in [0, 0.1) is 5.92 Å². The van der Waals surface area contributed by atoms with Crippen molar-refractivity contribution < 1.29 is 27.2 Å². The number of anilines is 1. The smallest absolute Gasteiger partial charge is 0.333 e. The van der Waals surface area contributed by atoms with E-state index < -0.39 is 27.9 Å². The molecule has 1 unspecified atom stereocenters. The number of carbonyl (C=O) groups is 1. The van der Waals surface area contributed by atoms with Gasteiger partial charge in [0.25, 0.3) is 0 Å². The number of nitrogens with one attached hydrogen (secondary N) is 1. The molecule has 10 nitrogen and oxygen atoms in total. The minimum absolute atomic E-state index is 0.211. The summed E-state index contributed by atoms with van der Waals surface area (Å²) in [5.41, 5.74) is 1.76. The van der Waals surface area contributed by atoms with E-state index >= 15 is 0 Å². The molecule has 0 bridgehead atoms. The van der Waals surface area contributed by atoms with Gasteiger partial charge in [0.15, 0.2) is 0 Å². The highest BCUT2D eigenvalue weighted by atomic mass is 32.2. The van der Waals surface area contributed by atoms with Crippen molar-refractivity contribution in [2.75, 3.05) is 18.5 Å². The summed E-state index contributed by atoms with van der Waals surface area (Å²) in [6.07, 6.45) is 4.59. The van der Waals surface area contributed by atoms with Gasteiger partial charge in [-0.25, -0.2) is 15.1 Å². The highest BCUT2D eigenvalue weighted by Gasteiger charge is 2.40. The molecule has 4 N–H and O–H groups in total. The summed E-state index contributed by atoms with van der Waals surface area (Å²) in [6, 6.07) is 11.7. The molecule has 1 aliphatic carbocycles. The number of aliphatic hydroxyl groups is 1. The molecular formula is C25H28N4O6S2. The molecule has 1 saturated heterocycles. The van der Waals surface area contributed by atoms with Gasteiger partial charge in [0.2, 0.25) is 5.78 Å². The first-order valence-electron chi connectivity index (χ1n) is 12.0. The van der Waals surface area contributed by atoms with E-state index in [-0.39, 0.29) is 18.4 Å². The number of hydrogen-bond acceptors (Lipinski definition) is 10. The molecular weight excluding hydrogens is 516 g/mol. The first kappa shape index (κ1) is 25.9. The van der Waals surface area contributed by atoms with Crippen LogP contribution in [-0.2, 0) is 24.8 Å². The van der Waals surface area contributed by atoms with Crippen LogP contribution in [0.3, 0.4) is 0 Å². The van der Waals surface area contributed by atoms with E-state index in [1.54, 1.807) is 0 Å². The molecule has 0 spiro atoms. The van der Waals surface area contributed by atoms with Crippen LogP contribution in [0.25, 0.3) is 0 Å². The summed E-state index contributed by atoms with van der Waals surface area (Å²) in [6.45, 7) is 0.446. The van der Waals surface area contributed by atoms with Gasteiger partial charge in [-0.3, -0.25) is 8.98 Å². The molecule has 2 aromatic heterocycles. The third-order valence-electron chi connectivity index (χ3n) is 6.95. The van der Waals surface area contributed by atoms with Gasteiger partial charge in [-0.05, 0) is 48.3 Å². The summed E-state index contributed by atoms with van der Waals surface area (Å²) in [4.78, 5) is 22.4. The summed E-state index contributed by atoms with van der Waals surface area (Å²) in [7, 11) is -4.09. The lowest BCUT2D eigenvalue weighted by molar-refractivity contribution is 0.0363. The second-order valence-electron chi connectivity index (χ2n) is 9.38. The number of ether oxygens (including phenoxy) is 1. The van der Waals surface area contributed by atoms with Crippen molar-refractivity contribution in [2.45, 2.75) is 43.4 Å². The minimum atomic E-state index is -4.09. The van der Waals surface area contributed by atoms with Gasteiger partial charge in [-0.1, -0.05) is 30.3 Å². The Morgan fingerprint density at radius 2 is 2.08 bits per heavy atom. The Kier molecular flexibility index (Phi) is 7.39. The molecule has 0 amide bonds. The fourth-order valence-corrected chi connectivity index (χ4v) is 6.44. The molecule has 1 aromatic carbocycles. The number of nitrogens with two attached hydrogens (primary N) is 1. The van der Waals surface area contributed by atoms with E-state index in [2.05, 4.69) is 31.6 Å². The van der Waals surface area contributed by atoms with E-state index in [1.165, 1.54) is 23.9 Å². The quantitative estimate of drug-likeness (QED) is 0.345. The van der Waals surface area contributed by atoms with Crippen molar-refractivity contribution in [3.8, 4) is 0 Å². The number of thiophene rings is 1. The number of nitrogens with zero attached hydrogens (tertiary/aromatic N) is 2. The molecule has 3 heterocycles. The predicted molar refractivity (Wildman–Crippen MR) is 137 cm³/mol. The van der Waals surface area contributed by atoms with Crippen molar-refractivity contribution >= 4 is 33.2 Å². The number of aromatic nitrogens is 2. The summed E-state index contributed by atoms with van der Waals surface area (Å²) < 4.78 is 33.1. The van der Waals surface area contributed by atoms with E-state index in [0.29, 0.717) is 35.7 Å². The third-order valence-corrected chi connectivity index (χ3v) is 8.35. The Hall–Kier alpha value is -2.74.